The van der Waals surface area contributed by atoms with Crippen LogP contribution in [0.15, 0.2) is 73.1 Å². The molecule has 2 heterocycles. The zero-order valence-corrected chi connectivity index (χ0v) is 16.8. The number of nitrogens with zero attached hydrogens (tertiary/aromatic N) is 1. The quantitative estimate of drug-likeness (QED) is 0.434. The summed E-state index contributed by atoms with van der Waals surface area (Å²) in [5.41, 5.74) is 6.31. The Kier molecular flexibility index (Phi) is 5.43. The summed E-state index contributed by atoms with van der Waals surface area (Å²) in [6.45, 7) is 4.30. The molecule has 1 amide bonds. The molecule has 29 heavy (non-hydrogen) atoms. The van der Waals surface area contributed by atoms with E-state index >= 15 is 0 Å². The highest BCUT2D eigenvalue weighted by Crippen LogP contribution is 2.24. The highest BCUT2D eigenvalue weighted by Gasteiger charge is 2.07. The van der Waals surface area contributed by atoms with Gasteiger partial charge in [-0.25, -0.2) is 4.98 Å². The SMILES string of the molecule is CC(C)c1cccc(NC(=O)CCc2cccc(-c3cnc4[nH]ccc4c3)c2)c1. The second kappa shape index (κ2) is 8.31. The van der Waals surface area contributed by atoms with Gasteiger partial charge in [0.15, 0.2) is 0 Å². The van der Waals surface area contributed by atoms with Crippen LogP contribution in [0.5, 0.6) is 0 Å². The van der Waals surface area contributed by atoms with Crippen LogP contribution in [0, 0.1) is 0 Å². The van der Waals surface area contributed by atoms with Gasteiger partial charge in [0.25, 0.3) is 0 Å². The molecule has 2 aromatic carbocycles. The molecule has 4 aromatic rings. The van der Waals surface area contributed by atoms with Crippen molar-refractivity contribution < 1.29 is 4.79 Å². The number of carbonyl (C=O) groups is 1. The number of hydrogen-bond donors (Lipinski definition) is 2. The summed E-state index contributed by atoms with van der Waals surface area (Å²) in [6.07, 6.45) is 4.92. The first-order chi connectivity index (χ1) is 14.1. The number of aromatic amines is 1. The van der Waals surface area contributed by atoms with E-state index in [1.807, 2.05) is 42.7 Å². The smallest absolute Gasteiger partial charge is 0.224 e. The summed E-state index contributed by atoms with van der Waals surface area (Å²) in [6, 6.07) is 20.5. The number of anilines is 1. The Balaban J connectivity index is 1.41. The van der Waals surface area contributed by atoms with Crippen LogP contribution in [0.2, 0.25) is 0 Å². The number of aryl methyl sites for hydroxylation is 1. The van der Waals surface area contributed by atoms with Gasteiger partial charge in [0, 0.05) is 35.5 Å². The molecule has 0 aliphatic rings. The summed E-state index contributed by atoms with van der Waals surface area (Å²) in [5.74, 6) is 0.473. The first-order valence-corrected chi connectivity index (χ1v) is 10.0. The monoisotopic (exact) mass is 383 g/mol. The van der Waals surface area contributed by atoms with Crippen molar-refractivity contribution in [1.82, 2.24) is 9.97 Å². The molecule has 146 valence electrons. The van der Waals surface area contributed by atoms with Crippen LogP contribution in [0.3, 0.4) is 0 Å². The van der Waals surface area contributed by atoms with E-state index in [4.69, 9.17) is 0 Å². The molecule has 0 radical (unpaired) electrons. The van der Waals surface area contributed by atoms with E-state index in [0.29, 0.717) is 18.8 Å². The number of carbonyl (C=O) groups excluding carboxylic acids is 1. The summed E-state index contributed by atoms with van der Waals surface area (Å²) in [7, 11) is 0. The number of H-pyrrole nitrogens is 1. The van der Waals surface area contributed by atoms with E-state index in [9.17, 15) is 4.79 Å². The van der Waals surface area contributed by atoms with E-state index in [0.717, 1.165) is 33.4 Å². The van der Waals surface area contributed by atoms with E-state index in [1.54, 1.807) is 0 Å². The molecule has 4 rings (SSSR count). The number of pyridine rings is 1. The molecule has 0 spiro atoms. The van der Waals surface area contributed by atoms with Crippen LogP contribution in [0.25, 0.3) is 22.2 Å². The summed E-state index contributed by atoms with van der Waals surface area (Å²) in [5, 5.41) is 4.11. The van der Waals surface area contributed by atoms with E-state index < -0.39 is 0 Å². The molecule has 2 N–H and O–H groups in total. The fourth-order valence-electron chi connectivity index (χ4n) is 3.46. The number of rotatable bonds is 6. The molecule has 4 heteroatoms. The molecule has 0 aliphatic heterocycles. The second-order valence-corrected chi connectivity index (χ2v) is 7.67. The van der Waals surface area contributed by atoms with Gasteiger partial charge in [0.05, 0.1) is 0 Å². The third kappa shape index (κ3) is 4.54. The third-order valence-electron chi connectivity index (χ3n) is 5.14. The Hall–Kier alpha value is -3.40. The second-order valence-electron chi connectivity index (χ2n) is 7.67. The largest absolute Gasteiger partial charge is 0.346 e. The highest BCUT2D eigenvalue weighted by molar-refractivity contribution is 5.91. The Labute approximate surface area is 171 Å². The van der Waals surface area contributed by atoms with Crippen LogP contribution in [-0.4, -0.2) is 15.9 Å². The van der Waals surface area contributed by atoms with Gasteiger partial charge in [-0.05, 0) is 53.3 Å². The van der Waals surface area contributed by atoms with Gasteiger partial charge in [-0.15, -0.1) is 0 Å². The lowest BCUT2D eigenvalue weighted by Crippen LogP contribution is -2.12. The zero-order chi connectivity index (χ0) is 20.2. The Bertz CT molecular complexity index is 1140. The maximum atomic E-state index is 12.4. The minimum atomic E-state index is 0.0340. The van der Waals surface area contributed by atoms with Gasteiger partial charge < -0.3 is 10.3 Å². The fraction of sp³-hybridized carbons (Fsp3) is 0.200. The molecular weight excluding hydrogens is 358 g/mol. The van der Waals surface area contributed by atoms with Crippen molar-refractivity contribution in [2.45, 2.75) is 32.6 Å². The van der Waals surface area contributed by atoms with Crippen molar-refractivity contribution in [3.05, 3.63) is 84.2 Å². The van der Waals surface area contributed by atoms with Gasteiger partial charge in [-0.3, -0.25) is 4.79 Å². The molecular formula is C25H25N3O. The maximum absolute atomic E-state index is 12.4. The molecule has 2 aromatic heterocycles. The Morgan fingerprint density at radius 3 is 2.76 bits per heavy atom. The predicted molar refractivity (Wildman–Crippen MR) is 119 cm³/mol. The molecule has 0 saturated heterocycles. The maximum Gasteiger partial charge on any atom is 0.224 e. The van der Waals surface area contributed by atoms with Gasteiger partial charge in [-0.1, -0.05) is 50.2 Å². The van der Waals surface area contributed by atoms with E-state index in [-0.39, 0.29) is 5.91 Å². The van der Waals surface area contributed by atoms with Crippen LogP contribution in [-0.2, 0) is 11.2 Å². The standard InChI is InChI=1S/C25H25N3O/c1-17(2)19-6-4-8-23(15-19)28-24(29)10-9-18-5-3-7-20(13-18)22-14-21-11-12-26-25(21)27-16-22/h3-8,11-17H,9-10H2,1-2H3,(H,26,27)(H,28,29). The van der Waals surface area contributed by atoms with Crippen LogP contribution in [0.1, 0.15) is 37.3 Å². The van der Waals surface area contributed by atoms with Gasteiger partial charge in [0.1, 0.15) is 5.65 Å². The molecule has 4 nitrogen and oxygen atoms in total. The molecule has 0 bridgehead atoms. The van der Waals surface area contributed by atoms with Gasteiger partial charge >= 0.3 is 0 Å². The van der Waals surface area contributed by atoms with Crippen LogP contribution >= 0.6 is 0 Å². The molecule has 0 fully saturated rings. The molecule has 0 aliphatic carbocycles. The third-order valence-corrected chi connectivity index (χ3v) is 5.14. The first-order valence-electron chi connectivity index (χ1n) is 10.0. The number of amides is 1. The van der Waals surface area contributed by atoms with Gasteiger partial charge in [0.2, 0.25) is 5.91 Å². The Morgan fingerprint density at radius 1 is 1.03 bits per heavy atom. The number of aromatic nitrogens is 2. The lowest BCUT2D eigenvalue weighted by atomic mass is 10.0. The van der Waals surface area contributed by atoms with Crippen molar-refractivity contribution in [1.29, 1.82) is 0 Å². The van der Waals surface area contributed by atoms with Crippen LogP contribution in [0.4, 0.5) is 5.69 Å². The first kappa shape index (κ1) is 18.9. The average molecular weight is 383 g/mol. The molecule has 0 unspecified atom stereocenters. The summed E-state index contributed by atoms with van der Waals surface area (Å²) < 4.78 is 0. The lowest BCUT2D eigenvalue weighted by molar-refractivity contribution is -0.116. The van der Waals surface area contributed by atoms with Crippen molar-refractivity contribution in [3.8, 4) is 11.1 Å². The van der Waals surface area contributed by atoms with E-state index in [2.05, 4.69) is 59.5 Å². The predicted octanol–water partition coefficient (Wildman–Crippen LogP) is 5.92. The van der Waals surface area contributed by atoms with Crippen molar-refractivity contribution in [2.75, 3.05) is 5.32 Å². The minimum Gasteiger partial charge on any atom is -0.346 e. The summed E-state index contributed by atoms with van der Waals surface area (Å²) >= 11 is 0. The number of nitrogens with one attached hydrogen (secondary N) is 2. The average Bonchev–Trinajstić information content (AvgIpc) is 3.20. The number of fused-ring (bicyclic) bond motifs is 1. The topological polar surface area (TPSA) is 57.8 Å². The molecule has 0 saturated carbocycles. The van der Waals surface area contributed by atoms with Crippen LogP contribution < -0.4 is 5.32 Å². The number of hydrogen-bond acceptors (Lipinski definition) is 2. The number of benzene rings is 2. The van der Waals surface area contributed by atoms with Crippen molar-refractivity contribution in [3.63, 3.8) is 0 Å². The van der Waals surface area contributed by atoms with E-state index in [1.165, 1.54) is 5.56 Å². The van der Waals surface area contributed by atoms with Crippen molar-refractivity contribution >= 4 is 22.6 Å². The fourth-order valence-corrected chi connectivity index (χ4v) is 3.46. The normalized spacial score (nSPS) is 11.1. The lowest BCUT2D eigenvalue weighted by Gasteiger charge is -2.10. The minimum absolute atomic E-state index is 0.0340. The molecule has 0 atom stereocenters. The van der Waals surface area contributed by atoms with Crippen molar-refractivity contribution in [2.24, 2.45) is 0 Å². The Morgan fingerprint density at radius 2 is 1.90 bits per heavy atom. The van der Waals surface area contributed by atoms with Gasteiger partial charge in [-0.2, -0.15) is 0 Å². The summed E-state index contributed by atoms with van der Waals surface area (Å²) in [4.78, 5) is 20.0. The zero-order valence-electron chi connectivity index (χ0n) is 16.8. The highest BCUT2D eigenvalue weighted by atomic mass is 16.1.